The first-order valence-electron chi connectivity index (χ1n) is 11.2. The maximum absolute atomic E-state index is 13.1. The summed E-state index contributed by atoms with van der Waals surface area (Å²) in [5.74, 6) is 0.435. The van der Waals surface area contributed by atoms with Crippen LogP contribution in [0.2, 0.25) is 0 Å². The minimum Gasteiger partial charge on any atom is -0.494 e. The molecule has 2 saturated heterocycles. The Morgan fingerprint density at radius 1 is 0.969 bits per heavy atom. The van der Waals surface area contributed by atoms with Gasteiger partial charge in [-0.15, -0.1) is 0 Å². The van der Waals surface area contributed by atoms with E-state index in [4.69, 9.17) is 4.74 Å². The van der Waals surface area contributed by atoms with Crippen LogP contribution in [0.15, 0.2) is 54.6 Å². The molecule has 0 saturated carbocycles. The number of hydrogen-bond donors (Lipinski definition) is 0. The molecule has 0 spiro atoms. The van der Waals surface area contributed by atoms with Crippen molar-refractivity contribution < 1.29 is 19.1 Å². The number of carbonyl (C=O) groups is 3. The number of anilines is 1. The number of rotatable bonds is 7. The molecule has 2 heterocycles. The second-order valence-corrected chi connectivity index (χ2v) is 8.21. The van der Waals surface area contributed by atoms with Gasteiger partial charge in [-0.2, -0.15) is 0 Å². The highest BCUT2D eigenvalue weighted by Gasteiger charge is 2.43. The molecule has 2 aliphatic heterocycles. The molecular formula is C25H29N3O4. The lowest BCUT2D eigenvalue weighted by atomic mass is 10.1. The lowest BCUT2D eigenvalue weighted by molar-refractivity contribution is -0.133. The normalized spacial score (nSPS) is 19.5. The molecule has 2 aliphatic rings. The fraction of sp³-hybridized carbons (Fsp3) is 0.400. The average molecular weight is 436 g/mol. The molecule has 2 aromatic carbocycles. The van der Waals surface area contributed by atoms with E-state index in [9.17, 15) is 14.4 Å². The van der Waals surface area contributed by atoms with E-state index in [1.165, 1.54) is 4.90 Å². The predicted octanol–water partition coefficient (Wildman–Crippen LogP) is 2.49. The Labute approximate surface area is 188 Å². The molecule has 0 aliphatic carbocycles. The van der Waals surface area contributed by atoms with E-state index in [0.29, 0.717) is 44.9 Å². The van der Waals surface area contributed by atoms with Gasteiger partial charge in [0.05, 0.1) is 31.2 Å². The Kier molecular flexibility index (Phi) is 6.85. The molecule has 32 heavy (non-hydrogen) atoms. The summed E-state index contributed by atoms with van der Waals surface area (Å²) < 4.78 is 5.58. The summed E-state index contributed by atoms with van der Waals surface area (Å²) in [7, 11) is 0. The van der Waals surface area contributed by atoms with Crippen LogP contribution in [0.5, 0.6) is 5.75 Å². The molecule has 0 aromatic heterocycles. The zero-order valence-corrected chi connectivity index (χ0v) is 18.4. The maximum atomic E-state index is 13.1. The van der Waals surface area contributed by atoms with Crippen molar-refractivity contribution in [3.63, 3.8) is 0 Å². The van der Waals surface area contributed by atoms with Gasteiger partial charge in [-0.05, 0) is 36.2 Å². The number of hydrogen-bond acceptors (Lipinski definition) is 5. The smallest absolute Gasteiger partial charge is 0.251 e. The summed E-state index contributed by atoms with van der Waals surface area (Å²) >= 11 is 0. The monoisotopic (exact) mass is 435 g/mol. The summed E-state index contributed by atoms with van der Waals surface area (Å²) in [5.41, 5.74) is 1.57. The fourth-order valence-corrected chi connectivity index (χ4v) is 4.25. The number of amides is 3. The van der Waals surface area contributed by atoms with Crippen LogP contribution in [0, 0.1) is 0 Å². The van der Waals surface area contributed by atoms with Crippen LogP contribution in [0.3, 0.4) is 0 Å². The molecule has 2 aromatic rings. The van der Waals surface area contributed by atoms with Gasteiger partial charge in [0.25, 0.3) is 5.91 Å². The number of nitrogens with zero attached hydrogens (tertiary/aromatic N) is 3. The standard InChI is InChI=1S/C25H29N3O4/c1-2-16-32-21-10-8-20(9-11-21)28-24(30)18-22(25(28)31)26-12-14-27(15-13-26)23(29)17-19-6-4-3-5-7-19/h3-11,22H,2,12-18H2,1H3/t22-/m1/s1. The van der Waals surface area contributed by atoms with Crippen LogP contribution in [0.4, 0.5) is 5.69 Å². The number of benzene rings is 2. The van der Waals surface area contributed by atoms with Gasteiger partial charge in [0.2, 0.25) is 11.8 Å². The second kappa shape index (κ2) is 9.96. The number of imide groups is 1. The van der Waals surface area contributed by atoms with Crippen molar-refractivity contribution in [3.05, 3.63) is 60.2 Å². The molecule has 4 rings (SSSR count). The van der Waals surface area contributed by atoms with Crippen molar-refractivity contribution >= 4 is 23.4 Å². The van der Waals surface area contributed by atoms with Gasteiger partial charge < -0.3 is 9.64 Å². The summed E-state index contributed by atoms with van der Waals surface area (Å²) in [6.45, 7) is 4.96. The Bertz CT molecular complexity index is 953. The number of ether oxygens (including phenoxy) is 1. The van der Waals surface area contributed by atoms with Crippen LogP contribution < -0.4 is 9.64 Å². The van der Waals surface area contributed by atoms with Gasteiger partial charge in [0.1, 0.15) is 5.75 Å². The van der Waals surface area contributed by atoms with Crippen LogP contribution in [-0.4, -0.2) is 66.3 Å². The van der Waals surface area contributed by atoms with Gasteiger partial charge in [0, 0.05) is 26.2 Å². The molecule has 1 atom stereocenters. The minimum atomic E-state index is -0.468. The first kappa shape index (κ1) is 22.0. The second-order valence-electron chi connectivity index (χ2n) is 8.21. The van der Waals surface area contributed by atoms with Crippen molar-refractivity contribution in [3.8, 4) is 5.75 Å². The summed E-state index contributed by atoms with van der Waals surface area (Å²) in [5, 5.41) is 0. The van der Waals surface area contributed by atoms with Gasteiger partial charge in [-0.1, -0.05) is 37.3 Å². The molecule has 168 valence electrons. The lowest BCUT2D eigenvalue weighted by Gasteiger charge is -2.37. The number of carbonyl (C=O) groups excluding carboxylic acids is 3. The highest BCUT2D eigenvalue weighted by molar-refractivity contribution is 6.22. The Hall–Kier alpha value is -3.19. The Morgan fingerprint density at radius 2 is 1.66 bits per heavy atom. The van der Waals surface area contributed by atoms with Crippen LogP contribution in [-0.2, 0) is 20.8 Å². The van der Waals surface area contributed by atoms with E-state index in [1.54, 1.807) is 24.3 Å². The van der Waals surface area contributed by atoms with E-state index >= 15 is 0 Å². The van der Waals surface area contributed by atoms with E-state index in [-0.39, 0.29) is 24.1 Å². The summed E-state index contributed by atoms with van der Waals surface area (Å²) in [6.07, 6.45) is 1.47. The highest BCUT2D eigenvalue weighted by atomic mass is 16.5. The third-order valence-corrected chi connectivity index (χ3v) is 6.00. The minimum absolute atomic E-state index is 0.0942. The van der Waals surface area contributed by atoms with Gasteiger partial charge in [-0.25, -0.2) is 4.90 Å². The van der Waals surface area contributed by atoms with E-state index < -0.39 is 6.04 Å². The SMILES string of the molecule is CCCOc1ccc(N2C(=O)C[C@@H](N3CCN(C(=O)Cc4ccccc4)CC3)C2=O)cc1. The quantitative estimate of drug-likeness (QED) is 0.625. The Balaban J connectivity index is 1.34. The van der Waals surface area contributed by atoms with Crippen LogP contribution >= 0.6 is 0 Å². The molecule has 3 amide bonds. The third kappa shape index (κ3) is 4.83. The third-order valence-electron chi connectivity index (χ3n) is 6.00. The van der Waals surface area contributed by atoms with Gasteiger partial charge in [-0.3, -0.25) is 19.3 Å². The topological polar surface area (TPSA) is 70.2 Å². The van der Waals surface area contributed by atoms with Crippen LogP contribution in [0.25, 0.3) is 0 Å². The van der Waals surface area contributed by atoms with Crippen LogP contribution in [0.1, 0.15) is 25.3 Å². The first-order valence-corrected chi connectivity index (χ1v) is 11.2. The molecule has 0 unspecified atom stereocenters. The summed E-state index contributed by atoms with van der Waals surface area (Å²) in [6, 6.07) is 16.3. The van der Waals surface area contributed by atoms with E-state index in [1.807, 2.05) is 47.1 Å². The van der Waals surface area contributed by atoms with E-state index in [0.717, 1.165) is 17.7 Å². The van der Waals surface area contributed by atoms with Crippen molar-refractivity contribution in [2.75, 3.05) is 37.7 Å². The summed E-state index contributed by atoms with van der Waals surface area (Å²) in [4.78, 5) is 43.5. The largest absolute Gasteiger partial charge is 0.494 e. The molecule has 0 radical (unpaired) electrons. The molecular weight excluding hydrogens is 406 g/mol. The first-order chi connectivity index (χ1) is 15.6. The fourth-order valence-electron chi connectivity index (χ4n) is 4.25. The molecule has 2 fully saturated rings. The zero-order valence-electron chi connectivity index (χ0n) is 18.4. The highest BCUT2D eigenvalue weighted by Crippen LogP contribution is 2.28. The zero-order chi connectivity index (χ0) is 22.5. The van der Waals surface area contributed by atoms with E-state index in [2.05, 4.69) is 0 Å². The van der Waals surface area contributed by atoms with Crippen molar-refractivity contribution in [1.82, 2.24) is 9.80 Å². The molecule has 0 bridgehead atoms. The van der Waals surface area contributed by atoms with Crippen molar-refractivity contribution in [1.29, 1.82) is 0 Å². The molecule has 7 nitrogen and oxygen atoms in total. The maximum Gasteiger partial charge on any atom is 0.251 e. The predicted molar refractivity (Wildman–Crippen MR) is 121 cm³/mol. The Morgan fingerprint density at radius 3 is 2.31 bits per heavy atom. The van der Waals surface area contributed by atoms with Gasteiger partial charge in [0.15, 0.2) is 0 Å². The molecule has 7 heteroatoms. The number of piperazine rings is 1. The van der Waals surface area contributed by atoms with Crippen molar-refractivity contribution in [2.45, 2.75) is 32.2 Å². The van der Waals surface area contributed by atoms with Gasteiger partial charge >= 0.3 is 0 Å². The lowest BCUT2D eigenvalue weighted by Crippen LogP contribution is -2.54. The average Bonchev–Trinajstić information content (AvgIpc) is 3.12. The molecule has 0 N–H and O–H groups in total. The van der Waals surface area contributed by atoms with Crippen molar-refractivity contribution in [2.24, 2.45) is 0 Å².